The Morgan fingerprint density at radius 2 is 1.48 bits per heavy atom. The maximum Gasteiger partial charge on any atom is 0.416 e. The first kappa shape index (κ1) is 14.7. The first-order chi connectivity index (χ1) is 9.75. The van der Waals surface area contributed by atoms with Gasteiger partial charge >= 0.3 is 6.18 Å². The summed E-state index contributed by atoms with van der Waals surface area (Å²) >= 11 is 0. The van der Waals surface area contributed by atoms with Gasteiger partial charge in [-0.3, -0.25) is 4.79 Å². The molecule has 0 aliphatic carbocycles. The second-order valence-electron chi connectivity index (χ2n) is 4.27. The summed E-state index contributed by atoms with van der Waals surface area (Å²) in [6, 6.07) is 7.21. The lowest BCUT2D eigenvalue weighted by Crippen LogP contribution is -2.12. The molecular weight excluding hydrogens is 287 g/mol. The summed E-state index contributed by atoms with van der Waals surface area (Å²) in [5.41, 5.74) is -0.682. The van der Waals surface area contributed by atoms with Gasteiger partial charge in [-0.05, 0) is 36.4 Å². The molecule has 110 valence electrons. The Balaban J connectivity index is 2.16. The molecule has 0 radical (unpaired) electrons. The molecule has 3 N–H and O–H groups in total. The molecule has 0 atom stereocenters. The normalized spacial score (nSPS) is 11.2. The van der Waals surface area contributed by atoms with E-state index in [4.69, 9.17) is 0 Å². The maximum absolute atomic E-state index is 12.4. The molecule has 0 unspecified atom stereocenters. The van der Waals surface area contributed by atoms with E-state index in [2.05, 4.69) is 5.32 Å². The molecule has 0 saturated heterocycles. The van der Waals surface area contributed by atoms with Crippen LogP contribution in [-0.4, -0.2) is 16.1 Å². The third-order valence-electron chi connectivity index (χ3n) is 2.63. The summed E-state index contributed by atoms with van der Waals surface area (Å²) in [6.07, 6.45) is -4.44. The number of carbonyl (C=O) groups is 1. The van der Waals surface area contributed by atoms with Gasteiger partial charge in [0, 0.05) is 17.3 Å². The number of alkyl halides is 3. The number of nitrogens with one attached hydrogen (secondary N) is 1. The number of halogens is 3. The fraction of sp³-hybridized carbons (Fsp3) is 0.0714. The van der Waals surface area contributed by atoms with Crippen LogP contribution in [0.3, 0.4) is 0 Å². The molecule has 0 fully saturated rings. The van der Waals surface area contributed by atoms with Gasteiger partial charge in [-0.1, -0.05) is 0 Å². The van der Waals surface area contributed by atoms with Gasteiger partial charge in [-0.15, -0.1) is 0 Å². The summed E-state index contributed by atoms with van der Waals surface area (Å²) in [6.45, 7) is 0. The standard InChI is InChI=1S/C14H10F3NO3/c15-14(16,17)9-1-3-10(4-2-9)18-13(21)8-5-11(19)7-12(20)6-8/h1-7,19-20H,(H,18,21). The van der Waals surface area contributed by atoms with Crippen LogP contribution in [0.25, 0.3) is 0 Å². The number of anilines is 1. The van der Waals surface area contributed by atoms with E-state index in [1.165, 1.54) is 0 Å². The number of hydrogen-bond donors (Lipinski definition) is 3. The highest BCUT2D eigenvalue weighted by Gasteiger charge is 2.29. The molecule has 21 heavy (non-hydrogen) atoms. The van der Waals surface area contributed by atoms with Gasteiger partial charge in [-0.25, -0.2) is 0 Å². The molecule has 0 saturated carbocycles. The molecule has 2 aromatic carbocycles. The van der Waals surface area contributed by atoms with Gasteiger partial charge in [0.15, 0.2) is 0 Å². The highest BCUT2D eigenvalue weighted by atomic mass is 19.4. The fourth-order valence-corrected chi connectivity index (χ4v) is 1.67. The fourth-order valence-electron chi connectivity index (χ4n) is 1.67. The molecule has 0 aromatic heterocycles. The number of carbonyl (C=O) groups excluding carboxylic acids is 1. The molecule has 2 aromatic rings. The van der Waals surface area contributed by atoms with E-state index in [9.17, 15) is 28.2 Å². The molecule has 7 heteroatoms. The van der Waals surface area contributed by atoms with Gasteiger partial charge < -0.3 is 15.5 Å². The van der Waals surface area contributed by atoms with Crippen LogP contribution >= 0.6 is 0 Å². The topological polar surface area (TPSA) is 69.6 Å². The highest BCUT2D eigenvalue weighted by molar-refractivity contribution is 6.04. The van der Waals surface area contributed by atoms with E-state index in [0.717, 1.165) is 42.5 Å². The van der Waals surface area contributed by atoms with Gasteiger partial charge in [0.05, 0.1) is 5.56 Å². The van der Waals surface area contributed by atoms with E-state index < -0.39 is 17.6 Å². The van der Waals surface area contributed by atoms with Crippen molar-refractivity contribution in [1.29, 1.82) is 0 Å². The summed E-state index contributed by atoms with van der Waals surface area (Å²) in [5, 5.41) is 20.9. The third kappa shape index (κ3) is 3.65. The Bertz CT molecular complexity index is 646. The van der Waals surface area contributed by atoms with Crippen molar-refractivity contribution in [2.24, 2.45) is 0 Å². The second kappa shape index (κ2) is 5.35. The first-order valence-electron chi connectivity index (χ1n) is 5.77. The van der Waals surface area contributed by atoms with Crippen LogP contribution < -0.4 is 5.32 Å². The monoisotopic (exact) mass is 297 g/mol. The zero-order valence-corrected chi connectivity index (χ0v) is 10.5. The van der Waals surface area contributed by atoms with Gasteiger partial charge in [0.2, 0.25) is 0 Å². The average Bonchev–Trinajstić information content (AvgIpc) is 2.37. The van der Waals surface area contributed by atoms with Crippen LogP contribution in [0.2, 0.25) is 0 Å². The molecule has 2 rings (SSSR count). The smallest absolute Gasteiger partial charge is 0.416 e. The van der Waals surface area contributed by atoms with Crippen molar-refractivity contribution in [3.05, 3.63) is 53.6 Å². The predicted octanol–water partition coefficient (Wildman–Crippen LogP) is 3.37. The highest BCUT2D eigenvalue weighted by Crippen LogP contribution is 2.30. The number of hydrogen-bond acceptors (Lipinski definition) is 3. The zero-order valence-electron chi connectivity index (χ0n) is 10.5. The molecule has 1 amide bonds. The number of amides is 1. The van der Waals surface area contributed by atoms with Crippen molar-refractivity contribution in [2.75, 3.05) is 5.32 Å². The number of phenolic OH excluding ortho intramolecular Hbond substituents is 2. The first-order valence-corrected chi connectivity index (χ1v) is 5.77. The molecule has 0 heterocycles. The van der Waals surface area contributed by atoms with Crippen LogP contribution in [0.5, 0.6) is 11.5 Å². The van der Waals surface area contributed by atoms with E-state index in [0.29, 0.717) is 0 Å². The Hall–Kier alpha value is -2.70. The lowest BCUT2D eigenvalue weighted by atomic mass is 10.1. The predicted molar refractivity (Wildman–Crippen MR) is 69.2 cm³/mol. The number of rotatable bonds is 2. The van der Waals surface area contributed by atoms with Crippen LogP contribution in [-0.2, 0) is 6.18 Å². The van der Waals surface area contributed by atoms with Gasteiger partial charge in [0.25, 0.3) is 5.91 Å². The van der Waals surface area contributed by atoms with Crippen molar-refractivity contribution in [1.82, 2.24) is 0 Å². The number of phenols is 2. The number of aromatic hydroxyl groups is 2. The van der Waals surface area contributed by atoms with Crippen molar-refractivity contribution >= 4 is 11.6 Å². The lowest BCUT2D eigenvalue weighted by Gasteiger charge is -2.09. The minimum Gasteiger partial charge on any atom is -0.508 e. The Morgan fingerprint density at radius 1 is 0.952 bits per heavy atom. The maximum atomic E-state index is 12.4. The summed E-state index contributed by atoms with van der Waals surface area (Å²) in [7, 11) is 0. The number of benzene rings is 2. The summed E-state index contributed by atoms with van der Waals surface area (Å²) < 4.78 is 37.2. The van der Waals surface area contributed by atoms with E-state index in [1.807, 2.05) is 0 Å². The lowest BCUT2D eigenvalue weighted by molar-refractivity contribution is -0.137. The minimum atomic E-state index is -4.44. The minimum absolute atomic E-state index is 0.0209. The Kier molecular flexibility index (Phi) is 3.75. The van der Waals surface area contributed by atoms with Crippen LogP contribution in [0.1, 0.15) is 15.9 Å². The van der Waals surface area contributed by atoms with Crippen molar-refractivity contribution in [2.45, 2.75) is 6.18 Å². The van der Waals surface area contributed by atoms with Crippen molar-refractivity contribution < 1.29 is 28.2 Å². The van der Waals surface area contributed by atoms with E-state index >= 15 is 0 Å². The molecule has 0 aliphatic rings. The third-order valence-corrected chi connectivity index (χ3v) is 2.63. The SMILES string of the molecule is O=C(Nc1ccc(C(F)(F)F)cc1)c1cc(O)cc(O)c1. The molecule has 0 aliphatic heterocycles. The Morgan fingerprint density at radius 3 is 1.95 bits per heavy atom. The second-order valence-corrected chi connectivity index (χ2v) is 4.27. The van der Waals surface area contributed by atoms with E-state index in [1.54, 1.807) is 0 Å². The molecular formula is C14H10F3NO3. The van der Waals surface area contributed by atoms with Crippen molar-refractivity contribution in [3.8, 4) is 11.5 Å². The van der Waals surface area contributed by atoms with E-state index in [-0.39, 0.29) is 22.7 Å². The quantitative estimate of drug-likeness (QED) is 0.796. The van der Waals surface area contributed by atoms with Crippen LogP contribution in [0.4, 0.5) is 18.9 Å². The average molecular weight is 297 g/mol. The zero-order chi connectivity index (χ0) is 15.6. The Labute approximate surface area is 117 Å². The van der Waals surface area contributed by atoms with Gasteiger partial charge in [-0.2, -0.15) is 13.2 Å². The van der Waals surface area contributed by atoms with Crippen LogP contribution in [0, 0.1) is 0 Å². The molecule has 0 spiro atoms. The van der Waals surface area contributed by atoms with Crippen molar-refractivity contribution in [3.63, 3.8) is 0 Å². The molecule has 4 nitrogen and oxygen atoms in total. The largest absolute Gasteiger partial charge is 0.508 e. The summed E-state index contributed by atoms with van der Waals surface area (Å²) in [4.78, 5) is 11.8. The van der Waals surface area contributed by atoms with Crippen LogP contribution in [0.15, 0.2) is 42.5 Å². The molecule has 0 bridgehead atoms. The summed E-state index contributed by atoms with van der Waals surface area (Å²) in [5.74, 6) is -1.26. The van der Waals surface area contributed by atoms with Gasteiger partial charge in [0.1, 0.15) is 11.5 Å².